The number of rotatable bonds is 8. The minimum atomic E-state index is -1.26. The molecule has 1 aliphatic rings. The van der Waals surface area contributed by atoms with Crippen LogP contribution in [-0.4, -0.2) is 67.4 Å². The van der Waals surface area contributed by atoms with Crippen molar-refractivity contribution in [2.45, 2.75) is 65.1 Å². The third kappa shape index (κ3) is 8.47. The molecule has 3 aromatic rings. The minimum absolute atomic E-state index is 0.199. The fraction of sp³-hybridized carbons (Fsp3) is 0.500. The number of anilines is 1. The maximum atomic E-state index is 12.7. The van der Waals surface area contributed by atoms with Crippen LogP contribution in [0.3, 0.4) is 0 Å². The highest BCUT2D eigenvalue weighted by molar-refractivity contribution is 14.1. The number of carbonyl (C=O) groups excluding carboxylic acids is 1. The Balaban J connectivity index is 1.64. The van der Waals surface area contributed by atoms with E-state index < -0.39 is 13.7 Å². The molecule has 1 fully saturated rings. The minimum Gasteiger partial charge on any atom is -0.482 e. The van der Waals surface area contributed by atoms with E-state index >= 15 is 0 Å². The Kier molecular flexibility index (Phi) is 10.1. The monoisotopic (exact) mass is 754 g/mol. The quantitative estimate of drug-likeness (QED) is 0.171. The first kappa shape index (κ1) is 31.8. The van der Waals surface area contributed by atoms with Gasteiger partial charge < -0.3 is 24.0 Å². The van der Waals surface area contributed by atoms with Crippen molar-refractivity contribution < 1.29 is 19.0 Å². The van der Waals surface area contributed by atoms with Crippen LogP contribution in [0.4, 0.5) is 10.7 Å². The predicted octanol–water partition coefficient (Wildman–Crippen LogP) is 7.91. The van der Waals surface area contributed by atoms with Crippen molar-refractivity contribution in [3.05, 3.63) is 50.0 Å². The molecule has 4 rings (SSSR count). The van der Waals surface area contributed by atoms with Crippen molar-refractivity contribution in [2.24, 2.45) is 0 Å². The summed E-state index contributed by atoms with van der Waals surface area (Å²) >= 11 is 6.05. The normalized spacial score (nSPS) is 15.1. The molecule has 0 radical (unpaired) electrons. The van der Waals surface area contributed by atoms with E-state index in [1.54, 1.807) is 4.90 Å². The van der Waals surface area contributed by atoms with Gasteiger partial charge in [0.1, 0.15) is 17.2 Å². The molecule has 11 heteroatoms. The van der Waals surface area contributed by atoms with Gasteiger partial charge >= 0.3 is 6.09 Å². The molecule has 1 amide bonds. The zero-order valence-corrected chi connectivity index (χ0v) is 29.7. The average molecular weight is 756 g/mol. The molecule has 0 aliphatic carbocycles. The van der Waals surface area contributed by atoms with Crippen LogP contribution in [0, 0.1) is 3.57 Å². The predicted molar refractivity (Wildman–Crippen MR) is 179 cm³/mol. The SMILES string of the molecule is C[C@H](Oc1c(Br)c(I)cc2c(OC(C)(C)C)nc(N3CCN(C(=O)OCC[Si](C)(C)C)CC3)nc12)c1ccccc1. The lowest BCUT2D eigenvalue weighted by molar-refractivity contribution is 0.104. The molecule has 1 saturated heterocycles. The number of ether oxygens (including phenoxy) is 3. The summed E-state index contributed by atoms with van der Waals surface area (Å²) in [5, 5.41) is 0.788. The fourth-order valence-corrected chi connectivity index (χ4v) is 6.02. The number of nitrogens with zero attached hydrogens (tertiary/aromatic N) is 4. The highest BCUT2D eigenvalue weighted by Crippen LogP contribution is 2.42. The molecule has 1 atom stereocenters. The van der Waals surface area contributed by atoms with Crippen molar-refractivity contribution >= 4 is 69.5 Å². The molecule has 1 aromatic heterocycles. The van der Waals surface area contributed by atoms with E-state index in [9.17, 15) is 4.79 Å². The lowest BCUT2D eigenvalue weighted by Crippen LogP contribution is -2.49. The van der Waals surface area contributed by atoms with Gasteiger partial charge in [-0.15, -0.1) is 0 Å². The van der Waals surface area contributed by atoms with E-state index in [-0.39, 0.29) is 12.2 Å². The van der Waals surface area contributed by atoms with E-state index in [1.807, 2.05) is 52.0 Å². The van der Waals surface area contributed by atoms with Crippen LogP contribution < -0.4 is 14.4 Å². The largest absolute Gasteiger partial charge is 0.482 e. The molecule has 0 bridgehead atoms. The van der Waals surface area contributed by atoms with Crippen molar-refractivity contribution in [3.63, 3.8) is 0 Å². The fourth-order valence-electron chi connectivity index (χ4n) is 4.35. The molecule has 222 valence electrons. The molecule has 41 heavy (non-hydrogen) atoms. The van der Waals surface area contributed by atoms with Crippen molar-refractivity contribution in [1.29, 1.82) is 0 Å². The highest BCUT2D eigenvalue weighted by Gasteiger charge is 2.28. The lowest BCUT2D eigenvalue weighted by Gasteiger charge is -2.34. The van der Waals surface area contributed by atoms with Gasteiger partial charge in [-0.05, 0) is 83.9 Å². The van der Waals surface area contributed by atoms with Gasteiger partial charge in [0.05, 0.1) is 16.5 Å². The van der Waals surface area contributed by atoms with Gasteiger partial charge in [-0.25, -0.2) is 9.78 Å². The number of hydrogen-bond acceptors (Lipinski definition) is 7. The van der Waals surface area contributed by atoms with Crippen LogP contribution >= 0.6 is 38.5 Å². The summed E-state index contributed by atoms with van der Waals surface area (Å²) in [4.78, 5) is 26.5. The molecule has 0 N–H and O–H groups in total. The topological polar surface area (TPSA) is 77.0 Å². The third-order valence-corrected chi connectivity index (χ3v) is 10.7. The number of halogens is 2. The molecular formula is C30H40BrIN4O4Si. The lowest BCUT2D eigenvalue weighted by atomic mass is 10.1. The molecule has 0 unspecified atom stereocenters. The molecule has 1 aliphatic heterocycles. The maximum Gasteiger partial charge on any atom is 0.409 e. The van der Waals surface area contributed by atoms with Crippen LogP contribution in [0.5, 0.6) is 11.6 Å². The number of benzene rings is 2. The van der Waals surface area contributed by atoms with E-state index in [1.165, 1.54) is 0 Å². The molecule has 0 spiro atoms. The van der Waals surface area contributed by atoms with Gasteiger partial charge in [0, 0.05) is 37.8 Å². The Morgan fingerprint density at radius 1 is 1.10 bits per heavy atom. The average Bonchev–Trinajstić information content (AvgIpc) is 2.90. The van der Waals surface area contributed by atoms with E-state index in [4.69, 9.17) is 24.2 Å². The first-order chi connectivity index (χ1) is 19.2. The summed E-state index contributed by atoms with van der Waals surface area (Å²) in [7, 11) is -1.26. The van der Waals surface area contributed by atoms with E-state index in [2.05, 4.69) is 75.2 Å². The zero-order chi connectivity index (χ0) is 29.9. The van der Waals surface area contributed by atoms with Crippen LogP contribution in [0.1, 0.15) is 39.4 Å². The van der Waals surface area contributed by atoms with Crippen LogP contribution in [0.15, 0.2) is 40.9 Å². The molecule has 8 nitrogen and oxygen atoms in total. The summed E-state index contributed by atoms with van der Waals surface area (Å²) in [6.45, 7) is 17.6. The number of piperazine rings is 1. The summed E-state index contributed by atoms with van der Waals surface area (Å²) in [5.74, 6) is 1.71. The number of aromatic nitrogens is 2. The smallest absolute Gasteiger partial charge is 0.409 e. The van der Waals surface area contributed by atoms with Gasteiger partial charge in [0.25, 0.3) is 0 Å². The van der Waals surface area contributed by atoms with Gasteiger partial charge in [-0.1, -0.05) is 50.0 Å². The van der Waals surface area contributed by atoms with E-state index in [0.717, 1.165) is 25.0 Å². The number of amides is 1. The molecule has 2 heterocycles. The summed E-state index contributed by atoms with van der Waals surface area (Å²) < 4.78 is 20.3. The number of fused-ring (bicyclic) bond motifs is 1. The second kappa shape index (κ2) is 13.0. The Bertz CT molecular complexity index is 1370. The number of hydrogen-bond donors (Lipinski definition) is 0. The first-order valence-electron chi connectivity index (χ1n) is 14.0. The van der Waals surface area contributed by atoms with Crippen LogP contribution in [0.25, 0.3) is 10.9 Å². The Morgan fingerprint density at radius 2 is 1.76 bits per heavy atom. The van der Waals surface area contributed by atoms with Crippen LogP contribution in [0.2, 0.25) is 25.7 Å². The third-order valence-electron chi connectivity index (χ3n) is 6.66. The summed E-state index contributed by atoms with van der Waals surface area (Å²) in [6, 6.07) is 13.1. The summed E-state index contributed by atoms with van der Waals surface area (Å²) in [5.41, 5.74) is 1.28. The Morgan fingerprint density at radius 3 is 2.37 bits per heavy atom. The number of carbonyl (C=O) groups is 1. The van der Waals surface area contributed by atoms with Gasteiger partial charge in [-0.2, -0.15) is 4.98 Å². The van der Waals surface area contributed by atoms with Crippen molar-refractivity contribution in [3.8, 4) is 11.6 Å². The van der Waals surface area contributed by atoms with Gasteiger partial charge in [-0.3, -0.25) is 0 Å². The first-order valence-corrected chi connectivity index (χ1v) is 19.6. The molecule has 0 saturated carbocycles. The highest BCUT2D eigenvalue weighted by atomic mass is 127. The van der Waals surface area contributed by atoms with E-state index in [0.29, 0.717) is 55.9 Å². The zero-order valence-electron chi connectivity index (χ0n) is 25.0. The Hall–Kier alpha value is -2.12. The standard InChI is InChI=1S/C30H40BrIN4O4Si/c1-20(21-11-9-8-10-12-21)39-26-24(31)23(32)19-22-25(26)33-28(34-27(22)40-30(2,3)4)35-13-15-36(16-14-35)29(37)38-17-18-41(5,6)7/h8-12,19-20H,13-18H2,1-7H3/t20-/m0/s1. The molecular weight excluding hydrogens is 715 g/mol. The van der Waals surface area contributed by atoms with Gasteiger partial charge in [0.2, 0.25) is 11.8 Å². The second-order valence-corrected chi connectivity index (χ2v) is 20.1. The second-order valence-electron chi connectivity index (χ2n) is 12.5. The Labute approximate surface area is 266 Å². The van der Waals surface area contributed by atoms with Crippen LogP contribution in [-0.2, 0) is 4.74 Å². The maximum absolute atomic E-state index is 12.7. The molecule has 2 aromatic carbocycles. The summed E-state index contributed by atoms with van der Waals surface area (Å²) in [6.07, 6.45) is -0.446. The van der Waals surface area contributed by atoms with Gasteiger partial charge in [0.15, 0.2) is 5.75 Å². The van der Waals surface area contributed by atoms with Crippen molar-refractivity contribution in [2.75, 3.05) is 37.7 Å². The van der Waals surface area contributed by atoms with Crippen molar-refractivity contribution in [1.82, 2.24) is 14.9 Å².